The van der Waals surface area contributed by atoms with E-state index in [4.69, 9.17) is 10.5 Å². The Balaban J connectivity index is 1.66. The number of piperidine rings is 1. The summed E-state index contributed by atoms with van der Waals surface area (Å²) in [5.74, 6) is 1.32. The maximum Gasteiger partial charge on any atom is 0.234 e. The Morgan fingerprint density at radius 1 is 1.47 bits per heavy atom. The van der Waals surface area contributed by atoms with Crippen molar-refractivity contribution in [2.45, 2.75) is 32.3 Å². The molecule has 0 aliphatic carbocycles. The van der Waals surface area contributed by atoms with E-state index in [-0.39, 0.29) is 12.0 Å². The number of likely N-dealkylation sites (tertiary alicyclic amines) is 1. The first-order chi connectivity index (χ1) is 9.19. The predicted octanol–water partition coefficient (Wildman–Crippen LogP) is 0.198. The summed E-state index contributed by atoms with van der Waals surface area (Å²) >= 11 is 0. The monoisotopic (exact) mass is 269 g/mol. The Kier molecular flexibility index (Phi) is 5.60. The highest BCUT2D eigenvalue weighted by Crippen LogP contribution is 2.21. The molecule has 2 fully saturated rings. The summed E-state index contributed by atoms with van der Waals surface area (Å²) in [6.07, 6.45) is 3.54. The summed E-state index contributed by atoms with van der Waals surface area (Å²) in [5, 5.41) is 2.98. The molecule has 2 aliphatic rings. The maximum absolute atomic E-state index is 11.9. The third-order valence-corrected chi connectivity index (χ3v) is 4.42. The number of carbonyl (C=O) groups is 1. The van der Waals surface area contributed by atoms with Gasteiger partial charge >= 0.3 is 0 Å². The van der Waals surface area contributed by atoms with Crippen molar-refractivity contribution in [2.24, 2.45) is 17.6 Å². The van der Waals surface area contributed by atoms with Crippen LogP contribution in [0.2, 0.25) is 0 Å². The predicted molar refractivity (Wildman–Crippen MR) is 74.7 cm³/mol. The number of ether oxygens (including phenoxy) is 1. The molecule has 0 bridgehead atoms. The van der Waals surface area contributed by atoms with E-state index in [1.807, 2.05) is 0 Å². The SMILES string of the molecule is CC1CCN(CC(=O)NCC2CCCO2)CC1CN. The average molecular weight is 269 g/mol. The smallest absolute Gasteiger partial charge is 0.234 e. The average Bonchev–Trinajstić information content (AvgIpc) is 2.92. The van der Waals surface area contributed by atoms with Crippen LogP contribution in [0.25, 0.3) is 0 Å². The molecule has 5 nitrogen and oxygen atoms in total. The third-order valence-electron chi connectivity index (χ3n) is 4.42. The molecule has 3 atom stereocenters. The van der Waals surface area contributed by atoms with E-state index in [0.717, 1.165) is 45.5 Å². The van der Waals surface area contributed by atoms with E-state index in [9.17, 15) is 4.79 Å². The van der Waals surface area contributed by atoms with Crippen LogP contribution in [-0.2, 0) is 9.53 Å². The second kappa shape index (κ2) is 7.22. The Labute approximate surface area is 115 Å². The molecule has 2 aliphatic heterocycles. The number of nitrogens with two attached hydrogens (primary N) is 1. The quantitative estimate of drug-likeness (QED) is 0.748. The zero-order valence-electron chi connectivity index (χ0n) is 11.9. The van der Waals surface area contributed by atoms with Gasteiger partial charge in [0.1, 0.15) is 0 Å². The maximum atomic E-state index is 11.9. The van der Waals surface area contributed by atoms with E-state index >= 15 is 0 Å². The van der Waals surface area contributed by atoms with E-state index in [2.05, 4.69) is 17.1 Å². The highest BCUT2D eigenvalue weighted by atomic mass is 16.5. The molecule has 5 heteroatoms. The Bertz CT molecular complexity index is 292. The first-order valence-corrected chi connectivity index (χ1v) is 7.49. The fourth-order valence-corrected chi connectivity index (χ4v) is 2.97. The molecule has 0 aromatic rings. The number of carbonyl (C=O) groups excluding carboxylic acids is 1. The Hall–Kier alpha value is -0.650. The van der Waals surface area contributed by atoms with Crippen molar-refractivity contribution in [1.29, 1.82) is 0 Å². The lowest BCUT2D eigenvalue weighted by Crippen LogP contribution is -2.47. The van der Waals surface area contributed by atoms with Crippen LogP contribution in [0.1, 0.15) is 26.2 Å². The van der Waals surface area contributed by atoms with Gasteiger partial charge in [0.05, 0.1) is 12.6 Å². The van der Waals surface area contributed by atoms with Crippen molar-refractivity contribution < 1.29 is 9.53 Å². The van der Waals surface area contributed by atoms with Crippen molar-refractivity contribution in [2.75, 3.05) is 39.3 Å². The molecule has 2 rings (SSSR count). The fraction of sp³-hybridized carbons (Fsp3) is 0.929. The molecule has 1 amide bonds. The molecular weight excluding hydrogens is 242 g/mol. The third kappa shape index (κ3) is 4.44. The summed E-state index contributed by atoms with van der Waals surface area (Å²) in [6, 6.07) is 0. The molecule has 0 aromatic carbocycles. The molecule has 0 saturated carbocycles. The van der Waals surface area contributed by atoms with Crippen LogP contribution < -0.4 is 11.1 Å². The standard InChI is InChI=1S/C14H27N3O2/c1-11-4-5-17(9-12(11)7-15)10-14(18)16-8-13-3-2-6-19-13/h11-13H,2-10,15H2,1H3,(H,16,18). The van der Waals surface area contributed by atoms with Crippen LogP contribution in [0.5, 0.6) is 0 Å². The van der Waals surface area contributed by atoms with Crippen molar-refractivity contribution in [3.8, 4) is 0 Å². The van der Waals surface area contributed by atoms with Crippen molar-refractivity contribution in [1.82, 2.24) is 10.2 Å². The molecule has 110 valence electrons. The molecule has 3 unspecified atom stereocenters. The van der Waals surface area contributed by atoms with Crippen LogP contribution in [0.4, 0.5) is 0 Å². The molecule has 0 aromatic heterocycles. The van der Waals surface area contributed by atoms with E-state index in [0.29, 0.717) is 24.9 Å². The highest BCUT2D eigenvalue weighted by Gasteiger charge is 2.26. The van der Waals surface area contributed by atoms with Crippen LogP contribution in [0.15, 0.2) is 0 Å². The minimum absolute atomic E-state index is 0.112. The largest absolute Gasteiger partial charge is 0.376 e. The van der Waals surface area contributed by atoms with Gasteiger partial charge in [-0.25, -0.2) is 0 Å². The molecule has 2 saturated heterocycles. The van der Waals surface area contributed by atoms with Crippen LogP contribution in [0.3, 0.4) is 0 Å². The minimum Gasteiger partial charge on any atom is -0.376 e. The molecule has 0 radical (unpaired) electrons. The molecular formula is C14H27N3O2. The van der Waals surface area contributed by atoms with Gasteiger partial charge in [0, 0.05) is 19.7 Å². The van der Waals surface area contributed by atoms with Crippen molar-refractivity contribution in [3.63, 3.8) is 0 Å². The second-order valence-corrected chi connectivity index (χ2v) is 5.94. The van der Waals surface area contributed by atoms with Gasteiger partial charge in [-0.05, 0) is 44.2 Å². The van der Waals surface area contributed by atoms with Gasteiger partial charge in [-0.2, -0.15) is 0 Å². The summed E-state index contributed by atoms with van der Waals surface area (Å²) in [4.78, 5) is 14.1. The van der Waals surface area contributed by atoms with Gasteiger partial charge < -0.3 is 15.8 Å². The highest BCUT2D eigenvalue weighted by molar-refractivity contribution is 5.78. The second-order valence-electron chi connectivity index (χ2n) is 5.94. The number of amides is 1. The molecule has 0 spiro atoms. The zero-order chi connectivity index (χ0) is 13.7. The number of hydrogen-bond donors (Lipinski definition) is 2. The summed E-state index contributed by atoms with van der Waals surface area (Å²) in [7, 11) is 0. The Morgan fingerprint density at radius 2 is 2.32 bits per heavy atom. The molecule has 2 heterocycles. The van der Waals surface area contributed by atoms with Crippen LogP contribution in [-0.4, -0.2) is 56.2 Å². The minimum atomic E-state index is 0.112. The Morgan fingerprint density at radius 3 is 3.00 bits per heavy atom. The van der Waals surface area contributed by atoms with Gasteiger partial charge in [0.25, 0.3) is 0 Å². The number of rotatable bonds is 5. The van der Waals surface area contributed by atoms with Gasteiger partial charge in [-0.3, -0.25) is 9.69 Å². The van der Waals surface area contributed by atoms with Crippen molar-refractivity contribution in [3.05, 3.63) is 0 Å². The van der Waals surface area contributed by atoms with Crippen LogP contribution in [0, 0.1) is 11.8 Å². The zero-order valence-corrected chi connectivity index (χ0v) is 11.9. The number of hydrogen-bond acceptors (Lipinski definition) is 4. The van der Waals surface area contributed by atoms with E-state index < -0.39 is 0 Å². The fourth-order valence-electron chi connectivity index (χ4n) is 2.97. The van der Waals surface area contributed by atoms with Gasteiger partial charge in [0.2, 0.25) is 5.91 Å². The molecule has 19 heavy (non-hydrogen) atoms. The normalized spacial score (nSPS) is 32.4. The number of nitrogens with zero attached hydrogens (tertiary/aromatic N) is 1. The summed E-state index contributed by atoms with van der Waals surface area (Å²) in [5.41, 5.74) is 5.78. The number of nitrogens with one attached hydrogen (secondary N) is 1. The van der Waals surface area contributed by atoms with E-state index in [1.54, 1.807) is 0 Å². The molecule has 3 N–H and O–H groups in total. The lowest BCUT2D eigenvalue weighted by molar-refractivity contribution is -0.123. The summed E-state index contributed by atoms with van der Waals surface area (Å²) in [6.45, 7) is 6.92. The van der Waals surface area contributed by atoms with Gasteiger partial charge in [-0.1, -0.05) is 6.92 Å². The lowest BCUT2D eigenvalue weighted by Gasteiger charge is -2.36. The van der Waals surface area contributed by atoms with Gasteiger partial charge in [0.15, 0.2) is 0 Å². The lowest BCUT2D eigenvalue weighted by atomic mass is 9.87. The topological polar surface area (TPSA) is 67.6 Å². The first kappa shape index (κ1) is 14.8. The van der Waals surface area contributed by atoms with E-state index in [1.165, 1.54) is 0 Å². The van der Waals surface area contributed by atoms with Gasteiger partial charge in [-0.15, -0.1) is 0 Å². The van der Waals surface area contributed by atoms with Crippen molar-refractivity contribution >= 4 is 5.91 Å². The van der Waals surface area contributed by atoms with Crippen LogP contribution >= 0.6 is 0 Å². The first-order valence-electron chi connectivity index (χ1n) is 7.49. The summed E-state index contributed by atoms with van der Waals surface area (Å²) < 4.78 is 5.50.